The molecule has 5 nitrogen and oxygen atoms in total. The van der Waals surface area contributed by atoms with Gasteiger partial charge in [0.15, 0.2) is 0 Å². The van der Waals surface area contributed by atoms with Gasteiger partial charge in [-0.2, -0.15) is 13.2 Å². The molecular weight excluding hydrogens is 385 g/mol. The Bertz CT molecular complexity index is 966. The maximum absolute atomic E-state index is 12.4. The molecule has 0 aliphatic carbocycles. The summed E-state index contributed by atoms with van der Waals surface area (Å²) < 4.78 is 42.6. The first-order chi connectivity index (χ1) is 13.5. The minimum Gasteiger partial charge on any atom is -0.423 e. The topological polar surface area (TPSA) is 62.6 Å². The van der Waals surface area contributed by atoms with Gasteiger partial charge in [-0.15, -0.1) is 0 Å². The zero-order chi connectivity index (χ0) is 21.3. The molecule has 1 atom stereocenters. The molecule has 0 saturated carbocycles. The van der Waals surface area contributed by atoms with Gasteiger partial charge in [0.1, 0.15) is 12.1 Å². The maximum atomic E-state index is 12.4. The molecule has 1 aliphatic rings. The Hall–Kier alpha value is -2.35. The molecule has 0 spiro atoms. The number of likely N-dealkylation sites (tertiary alicyclic amines) is 1. The molecule has 1 fully saturated rings. The van der Waals surface area contributed by atoms with Crippen molar-refractivity contribution < 1.29 is 22.4 Å². The molecule has 8 heteroatoms. The second-order valence-electron chi connectivity index (χ2n) is 7.91. The van der Waals surface area contributed by atoms with E-state index in [0.29, 0.717) is 37.1 Å². The zero-order valence-corrected chi connectivity index (χ0v) is 16.7. The first kappa shape index (κ1) is 21.4. The summed E-state index contributed by atoms with van der Waals surface area (Å²) in [7, 11) is 0. The fraction of sp³-hybridized carbons (Fsp3) is 0.524. The number of carbonyl (C=O) groups excluding carboxylic acids is 1. The summed E-state index contributed by atoms with van der Waals surface area (Å²) in [5.74, 6) is -0.349. The Balaban J connectivity index is 1.89. The van der Waals surface area contributed by atoms with E-state index in [2.05, 4.69) is 13.8 Å². The number of hydrogen-bond acceptors (Lipinski definition) is 4. The molecule has 3 rings (SSSR count). The molecule has 1 aromatic heterocycles. The number of alkyl halides is 3. The van der Waals surface area contributed by atoms with Crippen molar-refractivity contribution in [2.24, 2.45) is 0 Å². The van der Waals surface area contributed by atoms with E-state index in [1.807, 2.05) is 29.3 Å². The van der Waals surface area contributed by atoms with E-state index in [0.717, 1.165) is 16.5 Å². The number of rotatable bonds is 5. The number of benzene rings is 1. The molecule has 2 aromatic rings. The van der Waals surface area contributed by atoms with Gasteiger partial charge in [-0.25, -0.2) is 4.79 Å². The Morgan fingerprint density at radius 2 is 2.03 bits per heavy atom. The summed E-state index contributed by atoms with van der Waals surface area (Å²) in [6.07, 6.45) is -3.25. The largest absolute Gasteiger partial charge is 0.423 e. The molecule has 1 amide bonds. The summed E-state index contributed by atoms with van der Waals surface area (Å²) in [5, 5.41) is 2.77. The van der Waals surface area contributed by atoms with Gasteiger partial charge in [0, 0.05) is 18.0 Å². The highest BCUT2D eigenvalue weighted by atomic mass is 19.4. The molecule has 29 heavy (non-hydrogen) atoms. The third-order valence-electron chi connectivity index (χ3n) is 5.34. The average Bonchev–Trinajstić information content (AvgIpc) is 3.06. The van der Waals surface area contributed by atoms with Crippen LogP contribution in [0.15, 0.2) is 27.4 Å². The summed E-state index contributed by atoms with van der Waals surface area (Å²) >= 11 is 0. The minimum absolute atomic E-state index is 0.284. The number of halogens is 3. The number of nitrogens with one attached hydrogen (secondary N) is 1. The van der Waals surface area contributed by atoms with Crippen molar-refractivity contribution in [3.05, 3.63) is 45.3 Å². The van der Waals surface area contributed by atoms with Crippen LogP contribution in [-0.4, -0.2) is 36.1 Å². The van der Waals surface area contributed by atoms with Crippen molar-refractivity contribution in [3.63, 3.8) is 0 Å². The number of nitrogens with zero attached hydrogens (tertiary/aromatic N) is 1. The lowest BCUT2D eigenvalue weighted by molar-refractivity contribution is -0.141. The Kier molecular flexibility index (Phi) is 6.03. The zero-order valence-electron chi connectivity index (χ0n) is 16.7. The molecular formula is C21H25F3N2O3. The molecule has 0 radical (unpaired) electrons. The Morgan fingerprint density at radius 1 is 1.31 bits per heavy atom. The molecule has 2 heterocycles. The van der Waals surface area contributed by atoms with Gasteiger partial charge in [0.05, 0.1) is 6.04 Å². The summed E-state index contributed by atoms with van der Waals surface area (Å²) in [6, 6.07) is 4.61. The lowest BCUT2D eigenvalue weighted by atomic mass is 9.94. The highest BCUT2D eigenvalue weighted by Crippen LogP contribution is 2.29. The lowest BCUT2D eigenvalue weighted by Crippen LogP contribution is -2.45. The second kappa shape index (κ2) is 8.18. The van der Waals surface area contributed by atoms with Crippen LogP contribution in [0.3, 0.4) is 0 Å². The first-order valence-electron chi connectivity index (χ1n) is 9.71. The molecule has 158 valence electrons. The van der Waals surface area contributed by atoms with E-state index >= 15 is 0 Å². The number of fused-ring (bicyclic) bond motifs is 1. The van der Waals surface area contributed by atoms with E-state index in [4.69, 9.17) is 4.42 Å². The van der Waals surface area contributed by atoms with Gasteiger partial charge in [-0.05, 0) is 61.1 Å². The van der Waals surface area contributed by atoms with Crippen LogP contribution < -0.4 is 10.9 Å². The van der Waals surface area contributed by atoms with Gasteiger partial charge in [-0.1, -0.05) is 13.8 Å². The van der Waals surface area contributed by atoms with Crippen LogP contribution in [0.4, 0.5) is 13.2 Å². The SMILES string of the molecule is Cc1cc2oc(=O)cc(CN3CCCC3C(=O)NCC(F)(F)F)c2cc1C(C)C. The van der Waals surface area contributed by atoms with Crippen molar-refractivity contribution in [2.75, 3.05) is 13.1 Å². The first-order valence-corrected chi connectivity index (χ1v) is 9.71. The van der Waals surface area contributed by atoms with Gasteiger partial charge >= 0.3 is 11.8 Å². The van der Waals surface area contributed by atoms with E-state index in [1.165, 1.54) is 6.07 Å². The van der Waals surface area contributed by atoms with Crippen LogP contribution in [-0.2, 0) is 11.3 Å². The third kappa shape index (κ3) is 4.98. The van der Waals surface area contributed by atoms with Gasteiger partial charge in [0.2, 0.25) is 5.91 Å². The minimum atomic E-state index is -4.45. The van der Waals surface area contributed by atoms with E-state index in [-0.39, 0.29) is 5.92 Å². The predicted molar refractivity (Wildman–Crippen MR) is 104 cm³/mol. The molecule has 1 N–H and O–H groups in total. The highest BCUT2D eigenvalue weighted by molar-refractivity contribution is 5.83. The highest BCUT2D eigenvalue weighted by Gasteiger charge is 2.34. The van der Waals surface area contributed by atoms with Crippen LogP contribution in [0.5, 0.6) is 0 Å². The molecule has 0 bridgehead atoms. The van der Waals surface area contributed by atoms with Crippen molar-refractivity contribution in [1.29, 1.82) is 0 Å². The van der Waals surface area contributed by atoms with Gasteiger partial charge in [-0.3, -0.25) is 9.69 Å². The number of aryl methyl sites for hydroxylation is 1. The summed E-state index contributed by atoms with van der Waals surface area (Å²) in [6.45, 7) is 5.65. The van der Waals surface area contributed by atoms with Crippen LogP contribution >= 0.6 is 0 Å². The predicted octanol–water partition coefficient (Wildman–Crippen LogP) is 3.87. The van der Waals surface area contributed by atoms with Gasteiger partial charge in [0.25, 0.3) is 0 Å². The smallest absolute Gasteiger partial charge is 0.405 e. The van der Waals surface area contributed by atoms with Crippen molar-refractivity contribution in [3.8, 4) is 0 Å². The van der Waals surface area contributed by atoms with Crippen molar-refractivity contribution >= 4 is 16.9 Å². The monoisotopic (exact) mass is 410 g/mol. The van der Waals surface area contributed by atoms with Crippen LogP contribution in [0.1, 0.15) is 49.3 Å². The standard InChI is InChI=1S/C21H25F3N2O3/c1-12(2)15-9-16-14(8-19(27)29-18(16)7-13(15)3)10-26-6-4-5-17(26)20(28)25-11-21(22,23)24/h7-9,12,17H,4-6,10-11H2,1-3H3,(H,25,28). The fourth-order valence-corrected chi connectivity index (χ4v) is 3.98. The summed E-state index contributed by atoms with van der Waals surface area (Å²) in [5.41, 5.74) is 2.87. The van der Waals surface area contributed by atoms with Gasteiger partial charge < -0.3 is 9.73 Å². The molecule has 1 saturated heterocycles. The molecule has 1 aromatic carbocycles. The quantitative estimate of drug-likeness (QED) is 0.761. The van der Waals surface area contributed by atoms with E-state index in [9.17, 15) is 22.8 Å². The van der Waals surface area contributed by atoms with Crippen molar-refractivity contribution in [2.45, 2.75) is 58.3 Å². The van der Waals surface area contributed by atoms with Crippen LogP contribution in [0.2, 0.25) is 0 Å². The lowest BCUT2D eigenvalue weighted by Gasteiger charge is -2.24. The molecule has 1 unspecified atom stereocenters. The molecule has 1 aliphatic heterocycles. The Labute approximate surface area is 166 Å². The maximum Gasteiger partial charge on any atom is 0.405 e. The number of amides is 1. The van der Waals surface area contributed by atoms with Crippen LogP contribution in [0.25, 0.3) is 11.0 Å². The fourth-order valence-electron chi connectivity index (χ4n) is 3.98. The second-order valence-corrected chi connectivity index (χ2v) is 7.91. The van der Waals surface area contributed by atoms with Crippen molar-refractivity contribution in [1.82, 2.24) is 10.2 Å². The third-order valence-corrected chi connectivity index (χ3v) is 5.34. The normalized spacial score (nSPS) is 18.0. The van der Waals surface area contributed by atoms with E-state index in [1.54, 1.807) is 0 Å². The Morgan fingerprint density at radius 3 is 2.69 bits per heavy atom. The number of carbonyl (C=O) groups is 1. The summed E-state index contributed by atoms with van der Waals surface area (Å²) in [4.78, 5) is 26.2. The van der Waals surface area contributed by atoms with Crippen LogP contribution in [0, 0.1) is 6.92 Å². The number of hydrogen-bond donors (Lipinski definition) is 1. The average molecular weight is 410 g/mol. The van der Waals surface area contributed by atoms with E-state index < -0.39 is 30.3 Å².